The summed E-state index contributed by atoms with van der Waals surface area (Å²) in [5.41, 5.74) is 5.46. The van der Waals surface area contributed by atoms with Crippen LogP contribution in [0.5, 0.6) is 0 Å². The van der Waals surface area contributed by atoms with Crippen LogP contribution in [0.2, 0.25) is 0 Å². The maximum absolute atomic E-state index is 8.43. The smallest absolute Gasteiger partial charge is 0.143 e. The number of thioether (sulfide) groups is 1. The van der Waals surface area contributed by atoms with Gasteiger partial charge >= 0.3 is 0 Å². The molecule has 0 aromatic rings. The lowest BCUT2D eigenvalue weighted by molar-refractivity contribution is 0.313. The van der Waals surface area contributed by atoms with Crippen LogP contribution in [0.15, 0.2) is 5.16 Å². The number of nitrogens with two attached hydrogens (primary N) is 1. The van der Waals surface area contributed by atoms with Gasteiger partial charge in [0.25, 0.3) is 0 Å². The largest absolute Gasteiger partial charge is 0.409 e. The second-order valence-electron chi connectivity index (χ2n) is 3.39. The van der Waals surface area contributed by atoms with Crippen molar-refractivity contribution in [3.63, 3.8) is 0 Å². The van der Waals surface area contributed by atoms with Crippen LogP contribution in [0, 0.1) is 5.92 Å². The van der Waals surface area contributed by atoms with Gasteiger partial charge in [0, 0.05) is 24.3 Å². The summed E-state index contributed by atoms with van der Waals surface area (Å²) in [6, 6.07) is 0.610. The van der Waals surface area contributed by atoms with Gasteiger partial charge in [-0.2, -0.15) is 11.8 Å². The average Bonchev–Trinajstić information content (AvgIpc) is 2.65. The Morgan fingerprint density at radius 1 is 1.85 bits per heavy atom. The number of amidine groups is 1. The van der Waals surface area contributed by atoms with Gasteiger partial charge in [0.1, 0.15) is 5.84 Å². The average molecular weight is 203 g/mol. The molecule has 0 aromatic carbocycles. The number of nitrogens with one attached hydrogen (secondary N) is 1. The van der Waals surface area contributed by atoms with E-state index in [0.29, 0.717) is 11.9 Å². The van der Waals surface area contributed by atoms with E-state index in [2.05, 4.69) is 10.5 Å². The molecule has 1 saturated heterocycles. The topological polar surface area (TPSA) is 70.6 Å². The maximum atomic E-state index is 8.43. The molecule has 1 aliphatic rings. The Bertz CT molecular complexity index is 180. The van der Waals surface area contributed by atoms with Gasteiger partial charge in [0.05, 0.1) is 0 Å². The standard InChI is InChI=1S/C8H17N3OS/c1-6(8(9)11-12)4-10-7-2-3-13-5-7/h6-7,10,12H,2-5H2,1H3,(H2,9,11). The minimum absolute atomic E-state index is 0.107. The minimum atomic E-state index is 0.107. The highest BCUT2D eigenvalue weighted by Gasteiger charge is 2.16. The fourth-order valence-corrected chi connectivity index (χ4v) is 2.43. The first kappa shape index (κ1) is 10.7. The van der Waals surface area contributed by atoms with E-state index in [1.165, 1.54) is 17.9 Å². The van der Waals surface area contributed by atoms with E-state index in [1.54, 1.807) is 0 Å². The van der Waals surface area contributed by atoms with Crippen LogP contribution in [-0.4, -0.2) is 35.1 Å². The first-order chi connectivity index (χ1) is 6.24. The minimum Gasteiger partial charge on any atom is -0.409 e. The van der Waals surface area contributed by atoms with Crippen molar-refractivity contribution in [1.82, 2.24) is 5.32 Å². The van der Waals surface area contributed by atoms with Crippen LogP contribution in [0.4, 0.5) is 0 Å². The third-order valence-corrected chi connectivity index (χ3v) is 3.43. The highest BCUT2D eigenvalue weighted by Crippen LogP contribution is 2.16. The molecule has 0 amide bonds. The van der Waals surface area contributed by atoms with E-state index >= 15 is 0 Å². The molecule has 1 rings (SSSR count). The Balaban J connectivity index is 2.17. The molecule has 4 N–H and O–H groups in total. The number of rotatable bonds is 4. The first-order valence-corrected chi connectivity index (χ1v) is 5.68. The summed E-state index contributed by atoms with van der Waals surface area (Å²) >= 11 is 1.97. The van der Waals surface area contributed by atoms with Gasteiger partial charge in [-0.25, -0.2) is 0 Å². The van der Waals surface area contributed by atoms with E-state index in [4.69, 9.17) is 10.9 Å². The van der Waals surface area contributed by atoms with Gasteiger partial charge in [-0.15, -0.1) is 0 Å². The molecule has 4 nitrogen and oxygen atoms in total. The van der Waals surface area contributed by atoms with Crippen LogP contribution in [-0.2, 0) is 0 Å². The van der Waals surface area contributed by atoms with Crippen LogP contribution in [0.3, 0.4) is 0 Å². The Morgan fingerprint density at radius 3 is 3.15 bits per heavy atom. The van der Waals surface area contributed by atoms with Crippen molar-refractivity contribution in [2.45, 2.75) is 19.4 Å². The zero-order chi connectivity index (χ0) is 9.68. The molecule has 76 valence electrons. The zero-order valence-corrected chi connectivity index (χ0v) is 8.68. The molecule has 5 heteroatoms. The van der Waals surface area contributed by atoms with E-state index in [0.717, 1.165) is 6.54 Å². The van der Waals surface area contributed by atoms with E-state index < -0.39 is 0 Å². The second-order valence-corrected chi connectivity index (χ2v) is 4.54. The molecule has 2 atom stereocenters. The van der Waals surface area contributed by atoms with E-state index in [9.17, 15) is 0 Å². The third kappa shape index (κ3) is 3.44. The summed E-state index contributed by atoms with van der Waals surface area (Å²) in [6.07, 6.45) is 1.23. The van der Waals surface area contributed by atoms with E-state index in [1.807, 2.05) is 18.7 Å². The van der Waals surface area contributed by atoms with Crippen molar-refractivity contribution in [2.24, 2.45) is 16.8 Å². The number of nitrogens with zero attached hydrogens (tertiary/aromatic N) is 1. The monoisotopic (exact) mass is 203 g/mol. The van der Waals surface area contributed by atoms with Crippen LogP contribution >= 0.6 is 11.8 Å². The molecule has 1 aliphatic heterocycles. The van der Waals surface area contributed by atoms with E-state index in [-0.39, 0.29) is 5.92 Å². The second kappa shape index (κ2) is 5.34. The first-order valence-electron chi connectivity index (χ1n) is 4.52. The van der Waals surface area contributed by atoms with Crippen molar-refractivity contribution >= 4 is 17.6 Å². The van der Waals surface area contributed by atoms with Gasteiger partial charge in [-0.05, 0) is 12.2 Å². The van der Waals surface area contributed by atoms with Crippen molar-refractivity contribution < 1.29 is 5.21 Å². The summed E-state index contributed by atoms with van der Waals surface area (Å²) in [6.45, 7) is 2.74. The van der Waals surface area contributed by atoms with Crippen molar-refractivity contribution in [1.29, 1.82) is 0 Å². The molecular formula is C8H17N3OS. The maximum Gasteiger partial charge on any atom is 0.143 e. The fraction of sp³-hybridized carbons (Fsp3) is 0.875. The quantitative estimate of drug-likeness (QED) is 0.269. The van der Waals surface area contributed by atoms with Crippen molar-refractivity contribution in [3.8, 4) is 0 Å². The zero-order valence-electron chi connectivity index (χ0n) is 7.86. The van der Waals surface area contributed by atoms with Gasteiger partial charge in [-0.3, -0.25) is 0 Å². The molecule has 0 spiro atoms. The molecule has 0 bridgehead atoms. The normalized spacial score (nSPS) is 26.2. The molecule has 0 aliphatic carbocycles. The highest BCUT2D eigenvalue weighted by atomic mass is 32.2. The van der Waals surface area contributed by atoms with Crippen LogP contribution in [0.25, 0.3) is 0 Å². The highest BCUT2D eigenvalue weighted by molar-refractivity contribution is 7.99. The predicted octanol–water partition coefficient (Wildman–Crippen LogP) is 0.464. The van der Waals surface area contributed by atoms with Gasteiger partial charge in [0.2, 0.25) is 0 Å². The Labute approximate surface area is 82.9 Å². The van der Waals surface area contributed by atoms with Gasteiger partial charge in [-0.1, -0.05) is 12.1 Å². The predicted molar refractivity (Wildman–Crippen MR) is 56.3 cm³/mol. The van der Waals surface area contributed by atoms with Gasteiger partial charge < -0.3 is 16.3 Å². The Morgan fingerprint density at radius 2 is 2.62 bits per heavy atom. The molecule has 1 heterocycles. The molecule has 0 aromatic heterocycles. The number of hydrogen-bond donors (Lipinski definition) is 3. The Kier molecular flexibility index (Phi) is 4.38. The van der Waals surface area contributed by atoms with Gasteiger partial charge in [0.15, 0.2) is 0 Å². The Hall–Kier alpha value is -0.420. The molecular weight excluding hydrogens is 186 g/mol. The van der Waals surface area contributed by atoms with Crippen molar-refractivity contribution in [2.75, 3.05) is 18.1 Å². The molecule has 2 unspecified atom stereocenters. The summed E-state index contributed by atoms with van der Waals surface area (Å²) in [5.74, 6) is 2.84. The summed E-state index contributed by atoms with van der Waals surface area (Å²) < 4.78 is 0. The lowest BCUT2D eigenvalue weighted by Gasteiger charge is -2.14. The van der Waals surface area contributed by atoms with Crippen molar-refractivity contribution in [3.05, 3.63) is 0 Å². The summed E-state index contributed by atoms with van der Waals surface area (Å²) in [7, 11) is 0. The molecule has 0 radical (unpaired) electrons. The number of hydrogen-bond acceptors (Lipinski definition) is 4. The summed E-state index contributed by atoms with van der Waals surface area (Å²) in [5, 5.41) is 14.8. The molecule has 0 saturated carbocycles. The fourth-order valence-electron chi connectivity index (χ4n) is 1.24. The summed E-state index contributed by atoms with van der Waals surface area (Å²) in [4.78, 5) is 0. The lowest BCUT2D eigenvalue weighted by atomic mass is 10.1. The lowest BCUT2D eigenvalue weighted by Crippen LogP contribution is -2.37. The van der Waals surface area contributed by atoms with Crippen LogP contribution in [0.1, 0.15) is 13.3 Å². The molecule has 13 heavy (non-hydrogen) atoms. The third-order valence-electron chi connectivity index (χ3n) is 2.26. The number of oxime groups is 1. The SMILES string of the molecule is CC(CNC1CCSC1)C(N)=NO. The van der Waals surface area contributed by atoms with Crippen LogP contribution < -0.4 is 11.1 Å². The molecule has 1 fully saturated rings.